The van der Waals surface area contributed by atoms with Gasteiger partial charge in [-0.1, -0.05) is 42.5 Å². The fourth-order valence-electron chi connectivity index (χ4n) is 1.34. The molecule has 3 nitrogen and oxygen atoms in total. The van der Waals surface area contributed by atoms with Crippen LogP contribution in [0, 0.1) is 0 Å². The fraction of sp³-hybridized carbons (Fsp3) is 0. The summed E-state index contributed by atoms with van der Waals surface area (Å²) < 4.78 is 21.9. The molecule has 0 spiro atoms. The van der Waals surface area contributed by atoms with E-state index in [2.05, 4.69) is 4.99 Å². The first-order valence-electron chi connectivity index (χ1n) is 4.72. The van der Waals surface area contributed by atoms with E-state index in [4.69, 9.17) is 0 Å². The van der Waals surface area contributed by atoms with Crippen LogP contribution in [0.2, 0.25) is 0 Å². The van der Waals surface area contributed by atoms with Gasteiger partial charge in [0.2, 0.25) is 10.3 Å². The molecule has 0 fully saturated rings. The molecular formula is C12H9NO2S. The van der Waals surface area contributed by atoms with E-state index in [1.54, 1.807) is 18.2 Å². The molecule has 4 heteroatoms. The fourth-order valence-corrected chi connectivity index (χ4v) is 1.70. The Labute approximate surface area is 94.3 Å². The molecule has 0 radical (unpaired) electrons. The van der Waals surface area contributed by atoms with Gasteiger partial charge in [-0.15, -0.1) is 0 Å². The van der Waals surface area contributed by atoms with Gasteiger partial charge in [0.1, 0.15) is 0 Å². The highest BCUT2D eigenvalue weighted by atomic mass is 32.2. The zero-order valence-corrected chi connectivity index (χ0v) is 9.18. The first kappa shape index (κ1) is 10.6. The largest absolute Gasteiger partial charge is 0.240 e. The molecule has 0 saturated heterocycles. The third-order valence-corrected chi connectivity index (χ3v) is 2.64. The van der Waals surface area contributed by atoms with Crippen LogP contribution < -0.4 is 10.6 Å². The Balaban J connectivity index is 2.89. The minimum absolute atomic E-state index is 0.0346. The van der Waals surface area contributed by atoms with Crippen LogP contribution in [0.1, 0.15) is 0 Å². The topological polar surface area (TPSA) is 46.5 Å². The Morgan fingerprint density at radius 2 is 1.81 bits per heavy atom. The number of hydrogen-bond donors (Lipinski definition) is 0. The molecule has 80 valence electrons. The summed E-state index contributed by atoms with van der Waals surface area (Å²) in [4.78, 5) is 4.14. The average molecular weight is 231 g/mol. The van der Waals surface area contributed by atoms with Crippen LogP contribution in [0.3, 0.4) is 0 Å². The Morgan fingerprint density at radius 3 is 2.62 bits per heavy atom. The maximum absolute atomic E-state index is 10.9. The van der Waals surface area contributed by atoms with Crippen molar-refractivity contribution in [2.45, 2.75) is 0 Å². The standard InChI is InChI=1S/C12H9NO2S/c14-16(15)12-9-3-1-2-6-10-7-4-5-8-11(10)13-12/h1-9H/b2-1-,9-3-,10-6-,13-11?. The predicted molar refractivity (Wildman–Crippen MR) is 63.9 cm³/mol. The number of fused-ring (bicyclic) bond motifs is 1. The number of hydrogen-bond acceptors (Lipinski definition) is 2. The lowest BCUT2D eigenvalue weighted by Gasteiger charge is -1.88. The summed E-state index contributed by atoms with van der Waals surface area (Å²) in [5.74, 6) is 0. The summed E-state index contributed by atoms with van der Waals surface area (Å²) in [5, 5.41) is 1.54. The third-order valence-electron chi connectivity index (χ3n) is 2.07. The van der Waals surface area contributed by atoms with Gasteiger partial charge in [0.05, 0.1) is 5.36 Å². The van der Waals surface area contributed by atoms with Gasteiger partial charge in [-0.05, 0) is 12.1 Å². The van der Waals surface area contributed by atoms with Crippen molar-refractivity contribution in [2.24, 2.45) is 4.99 Å². The van der Waals surface area contributed by atoms with Gasteiger partial charge in [-0.25, -0.2) is 4.99 Å². The van der Waals surface area contributed by atoms with Crippen molar-refractivity contribution in [2.75, 3.05) is 0 Å². The number of rotatable bonds is 0. The lowest BCUT2D eigenvalue weighted by molar-refractivity contribution is 0.627. The van der Waals surface area contributed by atoms with E-state index >= 15 is 0 Å². The first-order chi connectivity index (χ1) is 7.77. The molecule has 2 rings (SSSR count). The third kappa shape index (κ3) is 2.35. The van der Waals surface area contributed by atoms with E-state index in [-0.39, 0.29) is 4.99 Å². The average Bonchev–Trinajstić information content (AvgIpc) is 2.38. The van der Waals surface area contributed by atoms with Crippen LogP contribution in [0.4, 0.5) is 0 Å². The molecule has 0 aromatic heterocycles. The van der Waals surface area contributed by atoms with Gasteiger partial charge in [-0.2, -0.15) is 8.42 Å². The number of allylic oxidation sites excluding steroid dienone is 3. The van der Waals surface area contributed by atoms with Gasteiger partial charge in [0.25, 0.3) is 0 Å². The first-order valence-corrected chi connectivity index (χ1v) is 5.80. The number of nitrogens with zero attached hydrogens (tertiary/aromatic N) is 1. The predicted octanol–water partition coefficient (Wildman–Crippen LogP) is 0.222. The highest BCUT2D eigenvalue weighted by molar-refractivity contribution is 7.73. The highest BCUT2D eigenvalue weighted by Crippen LogP contribution is 1.86. The van der Waals surface area contributed by atoms with Crippen molar-refractivity contribution < 1.29 is 8.42 Å². The molecule has 0 N–H and O–H groups in total. The van der Waals surface area contributed by atoms with Crippen LogP contribution in [-0.2, 0) is 10.3 Å². The summed E-state index contributed by atoms with van der Waals surface area (Å²) in [5.41, 5.74) is 0. The van der Waals surface area contributed by atoms with Crippen molar-refractivity contribution in [1.29, 1.82) is 0 Å². The molecule has 1 aromatic rings. The van der Waals surface area contributed by atoms with Gasteiger partial charge in [-0.3, -0.25) is 0 Å². The zero-order chi connectivity index (χ0) is 11.4. The van der Waals surface area contributed by atoms with Crippen molar-refractivity contribution in [3.63, 3.8) is 0 Å². The van der Waals surface area contributed by atoms with Crippen molar-refractivity contribution in [3.05, 3.63) is 59.1 Å². The highest BCUT2D eigenvalue weighted by Gasteiger charge is 1.94. The van der Waals surface area contributed by atoms with Crippen LogP contribution in [0.5, 0.6) is 0 Å². The molecule has 16 heavy (non-hydrogen) atoms. The van der Waals surface area contributed by atoms with Crippen LogP contribution in [0.25, 0.3) is 6.08 Å². The summed E-state index contributed by atoms with van der Waals surface area (Å²) in [7, 11) is -2.32. The quantitative estimate of drug-likeness (QED) is 0.600. The lowest BCUT2D eigenvalue weighted by atomic mass is 10.2. The maximum Gasteiger partial charge on any atom is 0.240 e. The molecule has 0 aliphatic carbocycles. The van der Waals surface area contributed by atoms with E-state index in [1.165, 1.54) is 6.08 Å². The van der Waals surface area contributed by atoms with Crippen molar-refractivity contribution in [3.8, 4) is 0 Å². The molecule has 1 aliphatic rings. The second kappa shape index (κ2) is 4.72. The zero-order valence-electron chi connectivity index (χ0n) is 8.37. The second-order valence-corrected chi connectivity index (χ2v) is 4.04. The lowest BCUT2D eigenvalue weighted by Crippen LogP contribution is -2.25. The Kier molecular flexibility index (Phi) is 3.12. The Hall–Kier alpha value is -1.94. The summed E-state index contributed by atoms with van der Waals surface area (Å²) >= 11 is 0. The molecule has 0 bridgehead atoms. The smallest absolute Gasteiger partial charge is 0.232 e. The van der Waals surface area contributed by atoms with Crippen molar-refractivity contribution >= 4 is 21.4 Å². The van der Waals surface area contributed by atoms with E-state index < -0.39 is 10.3 Å². The van der Waals surface area contributed by atoms with Crippen LogP contribution in [0.15, 0.2) is 53.6 Å². The van der Waals surface area contributed by atoms with E-state index in [1.807, 2.05) is 30.4 Å². The normalized spacial score (nSPS) is 20.0. The maximum atomic E-state index is 10.9. The van der Waals surface area contributed by atoms with Gasteiger partial charge in [0, 0.05) is 5.22 Å². The Bertz CT molecular complexity index is 702. The van der Waals surface area contributed by atoms with Crippen LogP contribution in [-0.4, -0.2) is 13.4 Å². The molecular weight excluding hydrogens is 222 g/mol. The SMILES string of the molecule is O=S(=O)=C1\C=C/C=C\C=c2\ccccc2=N1. The number of benzene rings is 1. The van der Waals surface area contributed by atoms with Gasteiger partial charge < -0.3 is 0 Å². The van der Waals surface area contributed by atoms with Gasteiger partial charge >= 0.3 is 0 Å². The summed E-state index contributed by atoms with van der Waals surface area (Å²) in [6.45, 7) is 0. The van der Waals surface area contributed by atoms with E-state index in [9.17, 15) is 8.42 Å². The number of para-hydroxylation sites is 1. The summed E-state index contributed by atoms with van der Waals surface area (Å²) in [6.07, 6.45) is 8.62. The molecule has 0 saturated carbocycles. The van der Waals surface area contributed by atoms with Gasteiger partial charge in [0.15, 0.2) is 4.99 Å². The molecule has 0 amide bonds. The van der Waals surface area contributed by atoms with E-state index in [0.29, 0.717) is 5.36 Å². The molecule has 1 heterocycles. The molecule has 0 atom stereocenters. The summed E-state index contributed by atoms with van der Waals surface area (Å²) in [6, 6.07) is 7.39. The molecule has 1 aliphatic heterocycles. The minimum Gasteiger partial charge on any atom is -0.232 e. The molecule has 1 aromatic carbocycles. The molecule has 0 unspecified atom stereocenters. The Morgan fingerprint density at radius 1 is 1.00 bits per heavy atom. The minimum atomic E-state index is -2.32. The second-order valence-electron chi connectivity index (χ2n) is 3.15. The van der Waals surface area contributed by atoms with E-state index in [0.717, 1.165) is 5.22 Å². The monoisotopic (exact) mass is 231 g/mol. The van der Waals surface area contributed by atoms with Crippen LogP contribution >= 0.6 is 0 Å². The van der Waals surface area contributed by atoms with Crippen molar-refractivity contribution in [1.82, 2.24) is 0 Å².